The fourth-order valence-corrected chi connectivity index (χ4v) is 1.73. The number of hydrogen-bond donors (Lipinski definition) is 1. The molecule has 0 aliphatic carbocycles. The molecule has 1 heterocycles. The van der Waals surface area contributed by atoms with Crippen molar-refractivity contribution in [2.45, 2.75) is 0 Å². The topological polar surface area (TPSA) is 38.9 Å². The van der Waals surface area contributed by atoms with Gasteiger partial charge >= 0.3 is 0 Å². The van der Waals surface area contributed by atoms with Gasteiger partial charge in [-0.05, 0) is 24.3 Å². The predicted octanol–water partition coefficient (Wildman–Crippen LogP) is 2.63. The number of nitrogens with zero attached hydrogens (tertiary/aromatic N) is 1. The summed E-state index contributed by atoms with van der Waals surface area (Å²) in [5.41, 5.74) is 7.06. The highest BCUT2D eigenvalue weighted by Crippen LogP contribution is 2.18. The largest absolute Gasteiger partial charge is 0.388 e. The monoisotopic (exact) mass is 266 g/mol. The van der Waals surface area contributed by atoms with Crippen LogP contribution in [-0.4, -0.2) is 9.97 Å². The van der Waals surface area contributed by atoms with Crippen molar-refractivity contribution in [3.8, 4) is 0 Å². The van der Waals surface area contributed by atoms with Gasteiger partial charge in [0.05, 0.1) is 11.2 Å². The molecule has 0 saturated carbocycles. The minimum absolute atomic E-state index is 0.329. The SMILES string of the molecule is NC(=S)c1ccc2cc(Br)ccc2n1. The number of halogens is 1. The van der Waals surface area contributed by atoms with E-state index in [0.29, 0.717) is 10.7 Å². The predicted molar refractivity (Wildman–Crippen MR) is 65.3 cm³/mol. The molecule has 2 rings (SSSR count). The van der Waals surface area contributed by atoms with Gasteiger partial charge in [-0.15, -0.1) is 0 Å². The van der Waals surface area contributed by atoms with Crippen LogP contribution in [-0.2, 0) is 0 Å². The van der Waals surface area contributed by atoms with E-state index in [0.717, 1.165) is 15.4 Å². The van der Waals surface area contributed by atoms with E-state index in [-0.39, 0.29) is 0 Å². The molecule has 0 aliphatic rings. The molecule has 2 aromatic rings. The van der Waals surface area contributed by atoms with E-state index < -0.39 is 0 Å². The zero-order valence-electron chi connectivity index (χ0n) is 7.20. The second kappa shape index (κ2) is 3.63. The highest BCUT2D eigenvalue weighted by molar-refractivity contribution is 9.10. The Kier molecular flexibility index (Phi) is 2.48. The van der Waals surface area contributed by atoms with Gasteiger partial charge in [0.15, 0.2) is 0 Å². The Hall–Kier alpha value is -1.00. The van der Waals surface area contributed by atoms with Crippen molar-refractivity contribution in [2.24, 2.45) is 5.73 Å². The average Bonchev–Trinajstić information content (AvgIpc) is 2.16. The van der Waals surface area contributed by atoms with Crippen LogP contribution >= 0.6 is 28.1 Å². The Bertz CT molecular complexity index is 510. The fourth-order valence-electron chi connectivity index (χ4n) is 1.23. The van der Waals surface area contributed by atoms with Crippen LogP contribution in [0.25, 0.3) is 10.9 Å². The minimum Gasteiger partial charge on any atom is -0.388 e. The average molecular weight is 267 g/mol. The molecular weight excluding hydrogens is 260 g/mol. The Morgan fingerprint density at radius 3 is 2.79 bits per heavy atom. The lowest BCUT2D eigenvalue weighted by atomic mass is 10.2. The number of hydrogen-bond acceptors (Lipinski definition) is 2. The quantitative estimate of drug-likeness (QED) is 0.807. The molecule has 0 bridgehead atoms. The summed E-state index contributed by atoms with van der Waals surface area (Å²) >= 11 is 8.26. The van der Waals surface area contributed by atoms with Crippen LogP contribution in [0.3, 0.4) is 0 Å². The van der Waals surface area contributed by atoms with E-state index in [2.05, 4.69) is 20.9 Å². The van der Waals surface area contributed by atoms with E-state index in [1.807, 2.05) is 30.3 Å². The Morgan fingerprint density at radius 1 is 1.29 bits per heavy atom. The zero-order valence-corrected chi connectivity index (χ0v) is 9.60. The first kappa shape index (κ1) is 9.55. The van der Waals surface area contributed by atoms with Crippen LogP contribution < -0.4 is 5.73 Å². The maximum atomic E-state index is 5.49. The lowest BCUT2D eigenvalue weighted by Crippen LogP contribution is -2.11. The van der Waals surface area contributed by atoms with Gasteiger partial charge in [0.2, 0.25) is 0 Å². The summed E-state index contributed by atoms with van der Waals surface area (Å²) in [4.78, 5) is 4.66. The van der Waals surface area contributed by atoms with Gasteiger partial charge in [0.1, 0.15) is 4.99 Å². The zero-order chi connectivity index (χ0) is 10.1. The summed E-state index contributed by atoms with van der Waals surface area (Å²) in [5, 5.41) is 1.07. The first-order valence-corrected chi connectivity index (χ1v) is 5.23. The molecule has 0 radical (unpaired) electrons. The lowest BCUT2D eigenvalue weighted by molar-refractivity contribution is 1.36. The van der Waals surface area contributed by atoms with E-state index in [1.165, 1.54) is 0 Å². The molecular formula is C10H7BrN2S. The van der Waals surface area contributed by atoms with Gasteiger partial charge in [0.25, 0.3) is 0 Å². The number of aromatic nitrogens is 1. The highest BCUT2D eigenvalue weighted by atomic mass is 79.9. The van der Waals surface area contributed by atoms with Crippen molar-refractivity contribution in [2.75, 3.05) is 0 Å². The van der Waals surface area contributed by atoms with E-state index >= 15 is 0 Å². The van der Waals surface area contributed by atoms with Gasteiger partial charge < -0.3 is 5.73 Å². The summed E-state index contributed by atoms with van der Waals surface area (Å²) in [6.45, 7) is 0. The third-order valence-corrected chi connectivity index (χ3v) is 2.61. The van der Waals surface area contributed by atoms with Crippen molar-refractivity contribution in [1.82, 2.24) is 4.98 Å². The number of rotatable bonds is 1. The van der Waals surface area contributed by atoms with Crippen LogP contribution in [0.2, 0.25) is 0 Å². The first-order valence-electron chi connectivity index (χ1n) is 4.03. The summed E-state index contributed by atoms with van der Waals surface area (Å²) in [7, 11) is 0. The number of fused-ring (bicyclic) bond motifs is 1. The fraction of sp³-hybridized carbons (Fsp3) is 0. The van der Waals surface area contributed by atoms with Crippen molar-refractivity contribution in [3.63, 3.8) is 0 Å². The van der Waals surface area contributed by atoms with Crippen molar-refractivity contribution < 1.29 is 0 Å². The molecule has 4 heteroatoms. The number of nitrogens with two attached hydrogens (primary N) is 1. The molecule has 2 nitrogen and oxygen atoms in total. The molecule has 0 unspecified atom stereocenters. The van der Waals surface area contributed by atoms with Crippen LogP contribution in [0, 0.1) is 0 Å². The van der Waals surface area contributed by atoms with E-state index in [4.69, 9.17) is 18.0 Å². The highest BCUT2D eigenvalue weighted by Gasteiger charge is 2.00. The Morgan fingerprint density at radius 2 is 2.07 bits per heavy atom. The van der Waals surface area contributed by atoms with Crippen molar-refractivity contribution in [1.29, 1.82) is 0 Å². The van der Waals surface area contributed by atoms with Gasteiger partial charge in [-0.2, -0.15) is 0 Å². The summed E-state index contributed by atoms with van der Waals surface area (Å²) in [5.74, 6) is 0. The molecule has 70 valence electrons. The molecule has 0 amide bonds. The molecule has 0 fully saturated rings. The maximum Gasteiger partial charge on any atom is 0.122 e. The number of thiocarbonyl (C=S) groups is 1. The number of pyridine rings is 1. The van der Waals surface area contributed by atoms with Gasteiger partial charge in [0, 0.05) is 9.86 Å². The summed E-state index contributed by atoms with van der Waals surface area (Å²) < 4.78 is 1.04. The van der Waals surface area contributed by atoms with Crippen molar-refractivity contribution >= 4 is 44.0 Å². The molecule has 2 N–H and O–H groups in total. The molecule has 1 aromatic carbocycles. The Balaban J connectivity index is 2.67. The summed E-state index contributed by atoms with van der Waals surface area (Å²) in [6.07, 6.45) is 0. The molecule has 14 heavy (non-hydrogen) atoms. The third-order valence-electron chi connectivity index (χ3n) is 1.90. The standard InChI is InChI=1S/C10H7BrN2S/c11-7-2-4-8-6(5-7)1-3-9(13-8)10(12)14/h1-5H,(H2,12,14). The number of benzene rings is 1. The normalized spacial score (nSPS) is 10.4. The first-order chi connectivity index (χ1) is 6.66. The molecule has 0 saturated heterocycles. The van der Waals surface area contributed by atoms with Crippen LogP contribution in [0.1, 0.15) is 5.69 Å². The second-order valence-corrected chi connectivity index (χ2v) is 4.25. The van der Waals surface area contributed by atoms with Crippen LogP contribution in [0.4, 0.5) is 0 Å². The third kappa shape index (κ3) is 1.76. The minimum atomic E-state index is 0.329. The molecule has 0 aliphatic heterocycles. The van der Waals surface area contributed by atoms with Crippen LogP contribution in [0.15, 0.2) is 34.8 Å². The van der Waals surface area contributed by atoms with Crippen molar-refractivity contribution in [3.05, 3.63) is 40.5 Å². The molecule has 0 atom stereocenters. The van der Waals surface area contributed by atoms with Gasteiger partial charge in [-0.1, -0.05) is 34.2 Å². The molecule has 0 spiro atoms. The van der Waals surface area contributed by atoms with E-state index in [9.17, 15) is 0 Å². The maximum absolute atomic E-state index is 5.49. The summed E-state index contributed by atoms with van der Waals surface area (Å²) in [6, 6.07) is 9.67. The van der Waals surface area contributed by atoms with Gasteiger partial charge in [-0.25, -0.2) is 4.98 Å². The van der Waals surface area contributed by atoms with E-state index in [1.54, 1.807) is 0 Å². The van der Waals surface area contributed by atoms with Crippen LogP contribution in [0.5, 0.6) is 0 Å². The smallest absolute Gasteiger partial charge is 0.122 e. The lowest BCUT2D eigenvalue weighted by Gasteiger charge is -2.01. The van der Waals surface area contributed by atoms with Gasteiger partial charge in [-0.3, -0.25) is 0 Å². The molecule has 1 aromatic heterocycles. The second-order valence-electron chi connectivity index (χ2n) is 2.90. The Labute approximate surface area is 95.3 Å².